The number of alkyl halides is 7. The van der Waals surface area contributed by atoms with Crippen LogP contribution < -0.4 is 19.1 Å². The van der Waals surface area contributed by atoms with Gasteiger partial charge < -0.3 is 24.0 Å². The van der Waals surface area contributed by atoms with Gasteiger partial charge in [-0.25, -0.2) is 0 Å². The molecule has 0 amide bonds. The molecule has 0 aromatic heterocycles. The van der Waals surface area contributed by atoms with E-state index >= 15 is 0 Å². The monoisotopic (exact) mass is 613 g/mol. The van der Waals surface area contributed by atoms with E-state index in [4.69, 9.17) is 4.74 Å². The molecule has 0 spiro atoms. The quantitative estimate of drug-likeness (QED) is 0.251. The van der Waals surface area contributed by atoms with Gasteiger partial charge in [-0.2, -0.15) is 17.6 Å². The summed E-state index contributed by atoms with van der Waals surface area (Å²) in [5.74, 6) is -0.346. The molecule has 5 rings (SSSR count). The summed E-state index contributed by atoms with van der Waals surface area (Å²) in [4.78, 5) is 6.57. The van der Waals surface area contributed by atoms with Crippen molar-refractivity contribution in [2.75, 3.05) is 57.8 Å². The van der Waals surface area contributed by atoms with Gasteiger partial charge in [0.05, 0.1) is 11.7 Å². The zero-order valence-electron chi connectivity index (χ0n) is 23.2. The number of piperazine rings is 1. The molecule has 0 bridgehead atoms. The molecule has 0 saturated carbocycles. The van der Waals surface area contributed by atoms with Crippen LogP contribution in [0.25, 0.3) is 11.1 Å². The van der Waals surface area contributed by atoms with Gasteiger partial charge in [0, 0.05) is 44.8 Å². The molecule has 6 nitrogen and oxygen atoms in total. The van der Waals surface area contributed by atoms with Crippen molar-refractivity contribution < 1.29 is 44.9 Å². The lowest BCUT2D eigenvalue weighted by molar-refractivity contribution is -0.274. The third-order valence-electron chi connectivity index (χ3n) is 7.45. The number of benzene rings is 3. The Kier molecular flexibility index (Phi) is 8.93. The second-order valence-corrected chi connectivity index (χ2v) is 10.4. The Morgan fingerprint density at radius 3 is 2.21 bits per heavy atom. The molecule has 3 aromatic carbocycles. The molecule has 1 saturated heterocycles. The number of ether oxygens (including phenoxy) is 3. The molecule has 43 heavy (non-hydrogen) atoms. The molecule has 2 aliphatic rings. The van der Waals surface area contributed by atoms with E-state index in [1.54, 1.807) is 24.3 Å². The number of hydrogen-bond acceptors (Lipinski definition) is 6. The van der Waals surface area contributed by atoms with Crippen molar-refractivity contribution >= 4 is 5.69 Å². The van der Waals surface area contributed by atoms with Crippen LogP contribution in [-0.2, 0) is 0 Å². The summed E-state index contributed by atoms with van der Waals surface area (Å²) in [6.45, 7) is 4.75. The average molecular weight is 614 g/mol. The topological polar surface area (TPSA) is 37.4 Å². The van der Waals surface area contributed by atoms with Crippen molar-refractivity contribution in [1.29, 1.82) is 0 Å². The summed E-state index contributed by atoms with van der Waals surface area (Å²) in [7, 11) is 2.05. The molecule has 3 aromatic rings. The van der Waals surface area contributed by atoms with E-state index in [1.807, 2.05) is 11.0 Å². The first-order chi connectivity index (χ1) is 20.4. The Balaban J connectivity index is 1.48. The molecule has 1 fully saturated rings. The molecule has 2 heterocycles. The third kappa shape index (κ3) is 7.45. The largest absolute Gasteiger partial charge is 0.573 e. The minimum absolute atomic E-state index is 0.0557. The molecule has 232 valence electrons. The highest BCUT2D eigenvalue weighted by Gasteiger charge is 2.44. The molecule has 1 unspecified atom stereocenters. The van der Waals surface area contributed by atoms with Gasteiger partial charge in [-0.3, -0.25) is 4.90 Å². The van der Waals surface area contributed by atoms with Gasteiger partial charge >= 0.3 is 18.9 Å². The molecular weight excluding hydrogens is 583 g/mol. The SMILES string of the molecule is CN1CCN(CCN2c3cccc(-c4cccc(OC(F)(F)F)c4)c3OCC2c2cccc(OC(F)(F)C(F)F)c2)CC1. The summed E-state index contributed by atoms with van der Waals surface area (Å²) in [5.41, 5.74) is 2.15. The van der Waals surface area contributed by atoms with Crippen molar-refractivity contribution in [3.8, 4) is 28.4 Å². The number of hydrogen-bond donors (Lipinski definition) is 0. The van der Waals surface area contributed by atoms with Crippen LogP contribution in [0, 0.1) is 0 Å². The minimum atomic E-state index is -4.85. The van der Waals surface area contributed by atoms with E-state index in [0.717, 1.165) is 26.2 Å². The van der Waals surface area contributed by atoms with Crippen LogP contribution >= 0.6 is 0 Å². The van der Waals surface area contributed by atoms with E-state index in [9.17, 15) is 30.7 Å². The molecule has 0 aliphatic carbocycles. The average Bonchev–Trinajstić information content (AvgIpc) is 2.95. The molecular formula is C30H30F7N3O3. The first-order valence-electron chi connectivity index (χ1n) is 13.6. The van der Waals surface area contributed by atoms with Gasteiger partial charge in [0.1, 0.15) is 18.1 Å². The van der Waals surface area contributed by atoms with E-state index in [1.165, 1.54) is 36.4 Å². The van der Waals surface area contributed by atoms with E-state index < -0.39 is 30.7 Å². The normalized spacial score (nSPS) is 18.3. The smallest absolute Gasteiger partial charge is 0.488 e. The van der Waals surface area contributed by atoms with Crippen LogP contribution in [-0.4, -0.2) is 81.6 Å². The maximum absolute atomic E-state index is 13.7. The lowest BCUT2D eigenvalue weighted by Crippen LogP contribution is -2.48. The minimum Gasteiger partial charge on any atom is -0.488 e. The lowest BCUT2D eigenvalue weighted by Gasteiger charge is -2.41. The van der Waals surface area contributed by atoms with Crippen molar-refractivity contribution in [3.05, 3.63) is 72.3 Å². The van der Waals surface area contributed by atoms with Gasteiger partial charge in [-0.05, 0) is 48.5 Å². The van der Waals surface area contributed by atoms with Crippen molar-refractivity contribution in [1.82, 2.24) is 9.80 Å². The third-order valence-corrected chi connectivity index (χ3v) is 7.45. The fraction of sp³-hybridized carbons (Fsp3) is 0.400. The highest BCUT2D eigenvalue weighted by atomic mass is 19.4. The first kappa shape index (κ1) is 30.7. The van der Waals surface area contributed by atoms with Crippen LogP contribution in [0.4, 0.5) is 36.4 Å². The Bertz CT molecular complexity index is 1400. The Morgan fingerprint density at radius 2 is 1.51 bits per heavy atom. The number of nitrogens with zero attached hydrogens (tertiary/aromatic N) is 3. The fourth-order valence-corrected chi connectivity index (χ4v) is 5.27. The van der Waals surface area contributed by atoms with Gasteiger partial charge in [0.2, 0.25) is 0 Å². The first-order valence-corrected chi connectivity index (χ1v) is 13.6. The van der Waals surface area contributed by atoms with Crippen molar-refractivity contribution in [2.24, 2.45) is 0 Å². The van der Waals surface area contributed by atoms with Crippen LogP contribution in [0.2, 0.25) is 0 Å². The number of para-hydroxylation sites is 1. The standard InChI is InChI=1S/C30H30F7N3O3/c1-38-11-13-39(14-12-38)15-16-40-25-10-4-9-24(20-5-2-8-23(17-20)43-30(35,36)37)27(25)41-19-26(40)21-6-3-7-22(18-21)42-29(33,34)28(31)32/h2-10,17-18,26,28H,11-16,19H2,1H3. The van der Waals surface area contributed by atoms with Crippen LogP contribution in [0.1, 0.15) is 11.6 Å². The second kappa shape index (κ2) is 12.5. The van der Waals surface area contributed by atoms with Crippen molar-refractivity contribution in [3.63, 3.8) is 0 Å². The molecule has 1 atom stereocenters. The number of likely N-dealkylation sites (N-methyl/N-ethyl adjacent to an activating group) is 1. The Morgan fingerprint density at radius 1 is 0.837 bits per heavy atom. The second-order valence-electron chi connectivity index (χ2n) is 10.4. The van der Waals surface area contributed by atoms with Gasteiger partial charge in [-0.15, -0.1) is 13.2 Å². The fourth-order valence-electron chi connectivity index (χ4n) is 5.27. The molecule has 2 aliphatic heterocycles. The maximum atomic E-state index is 13.7. The van der Waals surface area contributed by atoms with Crippen LogP contribution in [0.3, 0.4) is 0 Å². The number of halogens is 7. The zero-order chi connectivity index (χ0) is 30.8. The highest BCUT2D eigenvalue weighted by molar-refractivity contribution is 5.80. The summed E-state index contributed by atoms with van der Waals surface area (Å²) < 4.78 is 106. The maximum Gasteiger partial charge on any atom is 0.573 e. The van der Waals surface area contributed by atoms with E-state index in [-0.39, 0.29) is 12.4 Å². The number of rotatable bonds is 9. The van der Waals surface area contributed by atoms with Gasteiger partial charge in [0.15, 0.2) is 5.75 Å². The van der Waals surface area contributed by atoms with Crippen molar-refractivity contribution in [2.45, 2.75) is 24.9 Å². The van der Waals surface area contributed by atoms with Gasteiger partial charge in [0.25, 0.3) is 0 Å². The molecule has 0 radical (unpaired) electrons. The van der Waals surface area contributed by atoms with Crippen LogP contribution in [0.15, 0.2) is 66.7 Å². The van der Waals surface area contributed by atoms with Crippen LogP contribution in [0.5, 0.6) is 17.2 Å². The molecule has 13 heteroatoms. The zero-order valence-corrected chi connectivity index (χ0v) is 23.2. The number of fused-ring (bicyclic) bond motifs is 1. The highest BCUT2D eigenvalue weighted by Crippen LogP contribution is 2.46. The summed E-state index contributed by atoms with van der Waals surface area (Å²) in [6, 6.07) is 16.0. The van der Waals surface area contributed by atoms with E-state index in [0.29, 0.717) is 41.2 Å². The Labute approximate surface area is 244 Å². The number of anilines is 1. The summed E-state index contributed by atoms with van der Waals surface area (Å²) in [5, 5.41) is 0. The summed E-state index contributed by atoms with van der Waals surface area (Å²) in [6.07, 6.45) is -13.5. The van der Waals surface area contributed by atoms with Gasteiger partial charge in [-0.1, -0.05) is 36.4 Å². The predicted octanol–water partition coefficient (Wildman–Crippen LogP) is 6.68. The predicted molar refractivity (Wildman–Crippen MR) is 146 cm³/mol. The molecule has 0 N–H and O–H groups in total. The Hall–Kier alpha value is -3.71. The lowest BCUT2D eigenvalue weighted by atomic mass is 9.98. The van der Waals surface area contributed by atoms with E-state index in [2.05, 4.69) is 26.3 Å². The summed E-state index contributed by atoms with van der Waals surface area (Å²) >= 11 is 0.